The van der Waals surface area contributed by atoms with E-state index in [0.717, 1.165) is 38.3 Å². The van der Waals surface area contributed by atoms with Crippen LogP contribution in [0.4, 0.5) is 0 Å². The van der Waals surface area contributed by atoms with Crippen LogP contribution in [0.15, 0.2) is 35.3 Å². The largest absolute Gasteiger partial charge is 0.374 e. The van der Waals surface area contributed by atoms with Crippen LogP contribution in [0, 0.1) is 0 Å². The van der Waals surface area contributed by atoms with Crippen molar-refractivity contribution < 1.29 is 9.53 Å². The molecule has 0 spiro atoms. The van der Waals surface area contributed by atoms with Crippen LogP contribution in [0.5, 0.6) is 0 Å². The molecule has 0 aromatic heterocycles. The fraction of sp³-hybridized carbons (Fsp3) is 0.652. The van der Waals surface area contributed by atoms with Gasteiger partial charge in [0.15, 0.2) is 5.96 Å². The average molecular weight is 403 g/mol. The third-order valence-corrected chi connectivity index (χ3v) is 5.31. The SMILES string of the molecule is CCNC(=NCCCOC(C)c1ccccc1)NCCC(=O)N1CCCCC1C. The number of nitrogens with zero attached hydrogens (tertiary/aromatic N) is 2. The molecule has 162 valence electrons. The van der Waals surface area contributed by atoms with Gasteiger partial charge < -0.3 is 20.3 Å². The predicted molar refractivity (Wildman–Crippen MR) is 119 cm³/mol. The van der Waals surface area contributed by atoms with E-state index in [1.54, 1.807) is 0 Å². The van der Waals surface area contributed by atoms with Gasteiger partial charge in [0.25, 0.3) is 0 Å². The Morgan fingerprint density at radius 2 is 2.07 bits per heavy atom. The molecule has 29 heavy (non-hydrogen) atoms. The molecular formula is C23H38N4O2. The normalized spacial score (nSPS) is 18.4. The monoisotopic (exact) mass is 402 g/mol. The van der Waals surface area contributed by atoms with E-state index in [1.165, 1.54) is 12.0 Å². The summed E-state index contributed by atoms with van der Waals surface area (Å²) in [6, 6.07) is 10.6. The summed E-state index contributed by atoms with van der Waals surface area (Å²) >= 11 is 0. The topological polar surface area (TPSA) is 66.0 Å². The molecule has 1 aromatic rings. The Labute approximate surface area is 176 Å². The number of benzene rings is 1. The standard InChI is InChI=1S/C23H38N4O2/c1-4-24-23(26-16-14-22(28)27-17-9-8-11-19(27)2)25-15-10-18-29-20(3)21-12-6-5-7-13-21/h5-7,12-13,19-20H,4,8-11,14-18H2,1-3H3,(H2,24,25,26). The first kappa shape index (κ1) is 23.2. The summed E-state index contributed by atoms with van der Waals surface area (Å²) in [5.74, 6) is 1.01. The molecule has 2 rings (SSSR count). The number of piperidine rings is 1. The number of amides is 1. The summed E-state index contributed by atoms with van der Waals surface area (Å²) < 4.78 is 5.90. The van der Waals surface area contributed by atoms with E-state index in [0.29, 0.717) is 32.2 Å². The summed E-state index contributed by atoms with van der Waals surface area (Å²) in [5.41, 5.74) is 1.19. The lowest BCUT2D eigenvalue weighted by Gasteiger charge is -2.33. The lowest BCUT2D eigenvalue weighted by molar-refractivity contribution is -0.134. The molecule has 1 aliphatic rings. The summed E-state index contributed by atoms with van der Waals surface area (Å²) in [4.78, 5) is 19.1. The highest BCUT2D eigenvalue weighted by molar-refractivity contribution is 5.81. The number of aliphatic imine (C=N–C) groups is 1. The number of hydrogen-bond acceptors (Lipinski definition) is 3. The molecule has 0 bridgehead atoms. The van der Waals surface area contributed by atoms with E-state index in [-0.39, 0.29) is 12.0 Å². The molecule has 2 atom stereocenters. The molecule has 1 heterocycles. The van der Waals surface area contributed by atoms with Crippen LogP contribution in [0.2, 0.25) is 0 Å². The maximum atomic E-state index is 12.4. The molecule has 0 aliphatic carbocycles. The number of carbonyl (C=O) groups is 1. The zero-order valence-corrected chi connectivity index (χ0v) is 18.3. The Kier molecular flexibility index (Phi) is 10.6. The molecule has 1 aliphatic heterocycles. The minimum atomic E-state index is 0.0923. The summed E-state index contributed by atoms with van der Waals surface area (Å²) in [7, 11) is 0. The van der Waals surface area contributed by atoms with Crippen molar-refractivity contribution in [2.45, 2.75) is 65.0 Å². The molecule has 6 nitrogen and oxygen atoms in total. The van der Waals surface area contributed by atoms with Crippen LogP contribution in [0.1, 0.15) is 64.5 Å². The van der Waals surface area contributed by atoms with Gasteiger partial charge in [0.1, 0.15) is 0 Å². The predicted octanol–water partition coefficient (Wildman–Crippen LogP) is 3.50. The highest BCUT2D eigenvalue weighted by Gasteiger charge is 2.22. The van der Waals surface area contributed by atoms with Gasteiger partial charge in [-0.2, -0.15) is 0 Å². The first-order valence-electron chi connectivity index (χ1n) is 11.1. The zero-order valence-electron chi connectivity index (χ0n) is 18.3. The van der Waals surface area contributed by atoms with E-state index < -0.39 is 0 Å². The van der Waals surface area contributed by atoms with Crippen LogP contribution in [0.25, 0.3) is 0 Å². The number of rotatable bonds is 10. The Balaban J connectivity index is 1.66. The highest BCUT2D eigenvalue weighted by atomic mass is 16.5. The third kappa shape index (κ3) is 8.44. The Hall–Kier alpha value is -2.08. The van der Waals surface area contributed by atoms with Gasteiger partial charge in [0.2, 0.25) is 5.91 Å². The smallest absolute Gasteiger partial charge is 0.224 e. The molecule has 1 amide bonds. The van der Waals surface area contributed by atoms with Crippen molar-refractivity contribution in [2.75, 3.05) is 32.8 Å². The van der Waals surface area contributed by atoms with Gasteiger partial charge in [-0.25, -0.2) is 0 Å². The van der Waals surface area contributed by atoms with Crippen molar-refractivity contribution >= 4 is 11.9 Å². The fourth-order valence-electron chi connectivity index (χ4n) is 3.58. The third-order valence-electron chi connectivity index (χ3n) is 5.31. The Bertz CT molecular complexity index is 621. The average Bonchev–Trinajstić information content (AvgIpc) is 2.74. The van der Waals surface area contributed by atoms with Gasteiger partial charge >= 0.3 is 0 Å². The molecule has 1 saturated heterocycles. The number of likely N-dealkylation sites (tertiary alicyclic amines) is 1. The number of nitrogens with one attached hydrogen (secondary N) is 2. The number of carbonyl (C=O) groups excluding carboxylic acids is 1. The molecule has 2 unspecified atom stereocenters. The second kappa shape index (κ2) is 13.2. The minimum Gasteiger partial charge on any atom is -0.374 e. The Morgan fingerprint density at radius 1 is 1.28 bits per heavy atom. The van der Waals surface area contributed by atoms with Crippen molar-refractivity contribution in [1.29, 1.82) is 0 Å². The van der Waals surface area contributed by atoms with E-state index >= 15 is 0 Å². The van der Waals surface area contributed by atoms with Gasteiger partial charge in [0.05, 0.1) is 6.10 Å². The molecule has 2 N–H and O–H groups in total. The highest BCUT2D eigenvalue weighted by Crippen LogP contribution is 2.17. The maximum absolute atomic E-state index is 12.4. The van der Waals surface area contributed by atoms with Crippen LogP contribution in [-0.2, 0) is 9.53 Å². The van der Waals surface area contributed by atoms with Crippen LogP contribution in [0.3, 0.4) is 0 Å². The van der Waals surface area contributed by atoms with Gasteiger partial charge in [-0.1, -0.05) is 30.3 Å². The van der Waals surface area contributed by atoms with Crippen LogP contribution < -0.4 is 10.6 Å². The van der Waals surface area contributed by atoms with Crippen molar-refractivity contribution in [3.8, 4) is 0 Å². The van der Waals surface area contributed by atoms with Gasteiger partial charge in [-0.3, -0.25) is 9.79 Å². The molecule has 1 aromatic carbocycles. The van der Waals surface area contributed by atoms with Crippen molar-refractivity contribution in [3.63, 3.8) is 0 Å². The summed E-state index contributed by atoms with van der Waals surface area (Å²) in [5, 5.41) is 6.52. The van der Waals surface area contributed by atoms with Crippen molar-refractivity contribution in [1.82, 2.24) is 15.5 Å². The molecule has 0 radical (unpaired) electrons. The number of hydrogen-bond donors (Lipinski definition) is 2. The van der Waals surface area contributed by atoms with E-state index in [4.69, 9.17) is 4.74 Å². The first-order valence-corrected chi connectivity index (χ1v) is 11.1. The van der Waals surface area contributed by atoms with Gasteiger partial charge in [0, 0.05) is 45.2 Å². The Morgan fingerprint density at radius 3 is 2.79 bits per heavy atom. The minimum absolute atomic E-state index is 0.0923. The zero-order chi connectivity index (χ0) is 20.9. The lowest BCUT2D eigenvalue weighted by atomic mass is 10.0. The van der Waals surface area contributed by atoms with Crippen molar-refractivity contribution in [3.05, 3.63) is 35.9 Å². The van der Waals surface area contributed by atoms with Crippen LogP contribution in [-0.4, -0.2) is 55.6 Å². The van der Waals surface area contributed by atoms with Crippen LogP contribution >= 0.6 is 0 Å². The molecule has 1 fully saturated rings. The fourth-order valence-corrected chi connectivity index (χ4v) is 3.58. The maximum Gasteiger partial charge on any atom is 0.224 e. The number of ether oxygens (including phenoxy) is 1. The van der Waals surface area contributed by atoms with E-state index in [2.05, 4.69) is 41.6 Å². The number of guanidine groups is 1. The van der Waals surface area contributed by atoms with Crippen molar-refractivity contribution in [2.24, 2.45) is 4.99 Å². The van der Waals surface area contributed by atoms with E-state index in [9.17, 15) is 4.79 Å². The summed E-state index contributed by atoms with van der Waals surface area (Å²) in [6.07, 6.45) is 4.93. The first-order chi connectivity index (χ1) is 14.1. The molecule has 6 heteroatoms. The quantitative estimate of drug-likeness (QED) is 0.357. The summed E-state index contributed by atoms with van der Waals surface area (Å²) in [6.45, 7) is 9.93. The lowest BCUT2D eigenvalue weighted by Crippen LogP contribution is -2.44. The second-order valence-corrected chi connectivity index (χ2v) is 7.65. The van der Waals surface area contributed by atoms with E-state index in [1.807, 2.05) is 30.0 Å². The van der Waals surface area contributed by atoms with Gasteiger partial charge in [-0.15, -0.1) is 0 Å². The van der Waals surface area contributed by atoms with Gasteiger partial charge in [-0.05, 0) is 52.0 Å². The molecule has 0 saturated carbocycles. The second-order valence-electron chi connectivity index (χ2n) is 7.65. The molecular weight excluding hydrogens is 364 g/mol.